The number of piperidine rings is 1. The molecule has 0 unspecified atom stereocenters. The molecule has 0 aliphatic carbocycles. The minimum absolute atomic E-state index is 0.0502. The first-order valence-corrected chi connectivity index (χ1v) is 13.5. The molecule has 1 aliphatic heterocycles. The van der Waals surface area contributed by atoms with Crippen LogP contribution >= 0.6 is 11.6 Å². The molecule has 1 N–H and O–H groups in total. The molecule has 1 aliphatic rings. The third-order valence-electron chi connectivity index (χ3n) is 6.71. The Kier molecular flexibility index (Phi) is 8.34. The van der Waals surface area contributed by atoms with Gasteiger partial charge in [-0.1, -0.05) is 36.7 Å². The highest BCUT2D eigenvalue weighted by atomic mass is 35.5. The second-order valence-electron chi connectivity index (χ2n) is 9.95. The Morgan fingerprint density at radius 1 is 0.878 bits per heavy atom. The fourth-order valence-electron chi connectivity index (χ4n) is 4.74. The average Bonchev–Trinajstić information content (AvgIpc) is 3.37. The van der Waals surface area contributed by atoms with E-state index in [-0.39, 0.29) is 16.5 Å². The van der Waals surface area contributed by atoms with Crippen LogP contribution in [0.2, 0.25) is 5.15 Å². The first-order chi connectivity index (χ1) is 19.7. The largest absolute Gasteiger partial charge is 0.356 e. The summed E-state index contributed by atoms with van der Waals surface area (Å²) in [4.78, 5) is 18.7. The lowest BCUT2D eigenvalue weighted by atomic mass is 9.98. The summed E-state index contributed by atoms with van der Waals surface area (Å²) < 4.78 is 43.7. The van der Waals surface area contributed by atoms with E-state index < -0.39 is 23.0 Å². The number of hydrogen-bond donors (Lipinski definition) is 1. The Hall–Kier alpha value is -4.25. The second kappa shape index (κ2) is 12.1. The fourth-order valence-corrected chi connectivity index (χ4v) is 5.00. The highest BCUT2D eigenvalue weighted by Gasteiger charge is 2.28. The van der Waals surface area contributed by atoms with Crippen LogP contribution in [0, 0.1) is 37.2 Å². The molecule has 6 rings (SSSR count). The van der Waals surface area contributed by atoms with Gasteiger partial charge in [-0.25, -0.2) is 23.1 Å². The maximum Gasteiger partial charge on any atom is 0.255 e. The predicted octanol–water partition coefficient (Wildman–Crippen LogP) is 6.94. The molecule has 2 aromatic carbocycles. The summed E-state index contributed by atoms with van der Waals surface area (Å²) in [6, 6.07) is 13.1. The van der Waals surface area contributed by atoms with Gasteiger partial charge in [-0.3, -0.25) is 0 Å². The Morgan fingerprint density at radius 3 is 2.15 bits per heavy atom. The zero-order valence-corrected chi connectivity index (χ0v) is 23.5. The number of para-hydroxylation sites is 1. The van der Waals surface area contributed by atoms with Crippen LogP contribution in [0.15, 0.2) is 54.9 Å². The second-order valence-corrected chi connectivity index (χ2v) is 10.3. The van der Waals surface area contributed by atoms with Crippen molar-refractivity contribution in [2.45, 2.75) is 33.6 Å². The Bertz CT molecular complexity index is 1630. The van der Waals surface area contributed by atoms with Gasteiger partial charge in [-0.2, -0.15) is 19.6 Å². The van der Waals surface area contributed by atoms with Gasteiger partial charge in [-0.05, 0) is 50.8 Å². The number of nitrogens with zero attached hydrogens (tertiary/aromatic N) is 7. The molecule has 1 saturated heterocycles. The minimum Gasteiger partial charge on any atom is -0.356 e. The van der Waals surface area contributed by atoms with Crippen LogP contribution in [0.25, 0.3) is 16.9 Å². The number of halogens is 4. The first-order valence-electron chi connectivity index (χ1n) is 13.1. The molecule has 3 aromatic heterocycles. The van der Waals surface area contributed by atoms with Crippen LogP contribution in [-0.4, -0.2) is 42.6 Å². The van der Waals surface area contributed by atoms with Crippen molar-refractivity contribution in [2.24, 2.45) is 5.92 Å². The van der Waals surface area contributed by atoms with Gasteiger partial charge in [0.15, 0.2) is 0 Å². The molecular weight excluding hydrogens is 553 g/mol. The number of nitrogens with one attached hydrogen (secondary N) is 1. The van der Waals surface area contributed by atoms with Gasteiger partial charge in [-0.15, -0.1) is 0 Å². The van der Waals surface area contributed by atoms with Gasteiger partial charge < -0.3 is 10.2 Å². The topological polar surface area (TPSA) is 84.1 Å². The van der Waals surface area contributed by atoms with Crippen LogP contribution in [0.3, 0.4) is 0 Å². The van der Waals surface area contributed by atoms with Gasteiger partial charge in [0.05, 0.1) is 11.1 Å². The fraction of sp³-hybridized carbons (Fsp3) is 0.276. The SMILES string of the molecule is CC1CCN(c2c(-c3c(F)cc(F)cc3F)c(Cl)nc3ncnn23)CC1.Cc1cc(C)nc(Nc2ccccc2)n1. The van der Waals surface area contributed by atoms with Crippen molar-refractivity contribution < 1.29 is 13.2 Å². The van der Waals surface area contributed by atoms with E-state index in [0.29, 0.717) is 42.9 Å². The molecule has 1 fully saturated rings. The molecule has 0 radical (unpaired) electrons. The van der Waals surface area contributed by atoms with Gasteiger partial charge in [0.1, 0.15) is 34.7 Å². The number of hydrogen-bond acceptors (Lipinski definition) is 7. The molecule has 5 aromatic rings. The lowest BCUT2D eigenvalue weighted by molar-refractivity contribution is 0.435. The van der Waals surface area contributed by atoms with Gasteiger partial charge >= 0.3 is 0 Å². The van der Waals surface area contributed by atoms with E-state index in [0.717, 1.165) is 29.9 Å². The van der Waals surface area contributed by atoms with Crippen molar-refractivity contribution in [3.63, 3.8) is 0 Å². The first kappa shape index (κ1) is 28.3. The Balaban J connectivity index is 0.000000191. The van der Waals surface area contributed by atoms with E-state index in [1.54, 1.807) is 0 Å². The quantitative estimate of drug-likeness (QED) is 0.231. The van der Waals surface area contributed by atoms with Crippen LogP contribution in [0.1, 0.15) is 31.2 Å². The van der Waals surface area contributed by atoms with E-state index in [4.69, 9.17) is 11.6 Å². The normalized spacial score (nSPS) is 13.7. The van der Waals surface area contributed by atoms with Crippen molar-refractivity contribution in [2.75, 3.05) is 23.3 Å². The summed E-state index contributed by atoms with van der Waals surface area (Å²) in [5.41, 5.74) is 2.58. The van der Waals surface area contributed by atoms with Crippen LogP contribution in [-0.2, 0) is 0 Å². The molecule has 0 bridgehead atoms. The van der Waals surface area contributed by atoms with Crippen LogP contribution in [0.5, 0.6) is 0 Å². The number of anilines is 3. The maximum absolute atomic E-state index is 14.5. The standard InChI is InChI=1S/C17H15ClF3N5.C12H13N3/c1-9-2-4-25(5-3-9)16-14(13-11(20)6-10(19)7-12(13)21)15(18)24-17-22-8-23-26(16)17;1-9-8-10(2)14-12(13-9)15-11-6-4-3-5-7-11/h6-9H,2-5H2,1H3;3-8H,1-2H3,(H,13,14,15). The average molecular weight is 581 g/mol. The lowest BCUT2D eigenvalue weighted by Crippen LogP contribution is -2.35. The van der Waals surface area contributed by atoms with Crippen LogP contribution in [0.4, 0.5) is 30.6 Å². The summed E-state index contributed by atoms with van der Waals surface area (Å²) in [6.45, 7) is 7.43. The smallest absolute Gasteiger partial charge is 0.255 e. The summed E-state index contributed by atoms with van der Waals surface area (Å²) in [5.74, 6) is -1.24. The number of aromatic nitrogens is 6. The molecule has 0 amide bonds. The van der Waals surface area contributed by atoms with E-state index >= 15 is 0 Å². The third-order valence-corrected chi connectivity index (χ3v) is 6.98. The van der Waals surface area contributed by atoms with Gasteiger partial charge in [0, 0.05) is 42.3 Å². The lowest BCUT2D eigenvalue weighted by Gasteiger charge is -2.33. The molecule has 0 spiro atoms. The van der Waals surface area contributed by atoms with Crippen molar-refractivity contribution in [3.05, 3.63) is 88.9 Å². The number of rotatable bonds is 4. The van der Waals surface area contributed by atoms with E-state index in [1.807, 2.05) is 55.1 Å². The van der Waals surface area contributed by atoms with Crippen molar-refractivity contribution in [1.29, 1.82) is 0 Å². The summed E-state index contributed by atoms with van der Waals surface area (Å²) in [7, 11) is 0. The Morgan fingerprint density at radius 2 is 1.51 bits per heavy atom. The van der Waals surface area contributed by atoms with E-state index in [1.165, 1.54) is 10.8 Å². The molecular formula is C29H28ClF3N8. The van der Waals surface area contributed by atoms with Gasteiger partial charge in [0.25, 0.3) is 5.78 Å². The van der Waals surface area contributed by atoms with E-state index in [2.05, 4.69) is 37.3 Å². The third kappa shape index (κ3) is 6.40. The number of benzene rings is 2. The van der Waals surface area contributed by atoms with Crippen molar-refractivity contribution in [1.82, 2.24) is 29.5 Å². The summed E-state index contributed by atoms with van der Waals surface area (Å²) in [6.07, 6.45) is 3.14. The Labute approximate surface area is 240 Å². The molecule has 41 heavy (non-hydrogen) atoms. The van der Waals surface area contributed by atoms with Gasteiger partial charge in [0.2, 0.25) is 5.95 Å². The van der Waals surface area contributed by atoms with E-state index in [9.17, 15) is 13.2 Å². The van der Waals surface area contributed by atoms with Crippen LogP contribution < -0.4 is 10.2 Å². The maximum atomic E-state index is 14.5. The molecule has 12 heteroatoms. The number of fused-ring (bicyclic) bond motifs is 1. The molecule has 0 atom stereocenters. The molecule has 4 heterocycles. The highest BCUT2D eigenvalue weighted by molar-refractivity contribution is 6.33. The zero-order chi connectivity index (χ0) is 29.1. The monoisotopic (exact) mass is 580 g/mol. The molecule has 0 saturated carbocycles. The minimum atomic E-state index is -1.04. The zero-order valence-electron chi connectivity index (χ0n) is 22.7. The highest BCUT2D eigenvalue weighted by Crippen LogP contribution is 2.40. The summed E-state index contributed by atoms with van der Waals surface area (Å²) in [5, 5.41) is 7.20. The predicted molar refractivity (Wildman–Crippen MR) is 153 cm³/mol. The molecule has 8 nitrogen and oxygen atoms in total. The number of aryl methyl sites for hydroxylation is 2. The van der Waals surface area contributed by atoms with Crippen molar-refractivity contribution >= 4 is 34.8 Å². The summed E-state index contributed by atoms with van der Waals surface area (Å²) >= 11 is 6.29. The van der Waals surface area contributed by atoms with Crippen molar-refractivity contribution in [3.8, 4) is 11.1 Å². The molecule has 212 valence electrons.